The van der Waals surface area contributed by atoms with Gasteiger partial charge in [0.25, 0.3) is 5.91 Å². The highest BCUT2D eigenvalue weighted by Gasteiger charge is 2.49. The van der Waals surface area contributed by atoms with Crippen LogP contribution in [0.1, 0.15) is 57.4 Å². The number of thioether (sulfide) groups is 1. The van der Waals surface area contributed by atoms with Crippen LogP contribution in [0.15, 0.2) is 35.3 Å². The van der Waals surface area contributed by atoms with Gasteiger partial charge in [0.05, 0.1) is 11.5 Å². The zero-order chi connectivity index (χ0) is 20.7. The number of carbonyl (C=O) groups excluding carboxylic acids is 2. The maximum Gasteiger partial charge on any atom is 0.263 e. The summed E-state index contributed by atoms with van der Waals surface area (Å²) in [7, 11) is 0. The minimum absolute atomic E-state index is 0.0692. The van der Waals surface area contributed by atoms with Crippen molar-refractivity contribution in [3.05, 3.63) is 35.9 Å². The van der Waals surface area contributed by atoms with E-state index in [2.05, 4.69) is 11.9 Å². The van der Waals surface area contributed by atoms with Crippen molar-refractivity contribution in [1.82, 2.24) is 4.90 Å². The fourth-order valence-corrected chi connectivity index (χ4v) is 7.74. The van der Waals surface area contributed by atoms with E-state index in [1.54, 1.807) is 11.8 Å². The van der Waals surface area contributed by atoms with Crippen molar-refractivity contribution in [2.45, 2.75) is 63.0 Å². The van der Waals surface area contributed by atoms with Crippen LogP contribution in [0.4, 0.5) is 0 Å². The van der Waals surface area contributed by atoms with Crippen LogP contribution in [0.25, 0.3) is 0 Å². The van der Waals surface area contributed by atoms with Crippen molar-refractivity contribution in [3.8, 4) is 0 Å². The lowest BCUT2D eigenvalue weighted by Gasteiger charge is -2.38. The molecule has 2 aliphatic carbocycles. The molecule has 4 nitrogen and oxygen atoms in total. The van der Waals surface area contributed by atoms with E-state index in [1.165, 1.54) is 25.7 Å². The molecule has 0 aromatic heterocycles. The predicted octanol–water partition coefficient (Wildman–Crippen LogP) is 4.72. The smallest absolute Gasteiger partial charge is 0.263 e. The second-order valence-electron chi connectivity index (χ2n) is 9.98. The Balaban J connectivity index is 1.15. The number of likely N-dealkylation sites (tertiary alicyclic amines) is 1. The number of aliphatic imine (C=N–C) groups is 1. The summed E-state index contributed by atoms with van der Waals surface area (Å²) < 4.78 is -0.429. The van der Waals surface area contributed by atoms with Gasteiger partial charge in [-0.3, -0.25) is 9.59 Å². The van der Waals surface area contributed by atoms with E-state index >= 15 is 0 Å². The summed E-state index contributed by atoms with van der Waals surface area (Å²) in [4.78, 5) is 32.1. The topological polar surface area (TPSA) is 49.7 Å². The van der Waals surface area contributed by atoms with Crippen molar-refractivity contribution < 1.29 is 9.59 Å². The van der Waals surface area contributed by atoms with Crippen molar-refractivity contribution in [2.75, 3.05) is 13.1 Å². The molecule has 2 bridgehead atoms. The molecule has 3 fully saturated rings. The predicted molar refractivity (Wildman–Crippen MR) is 121 cm³/mol. The maximum atomic E-state index is 12.9. The first kappa shape index (κ1) is 20.3. The van der Waals surface area contributed by atoms with Gasteiger partial charge in [-0.05, 0) is 74.7 Å². The monoisotopic (exact) mass is 424 g/mol. The minimum atomic E-state index is -0.429. The summed E-state index contributed by atoms with van der Waals surface area (Å²) in [5.74, 6) is 3.13. The summed E-state index contributed by atoms with van der Waals surface area (Å²) in [6.45, 7) is 3.60. The van der Waals surface area contributed by atoms with Crippen LogP contribution < -0.4 is 0 Å². The average Bonchev–Trinajstić information content (AvgIpc) is 3.44. The number of hydrogen-bond donors (Lipinski definition) is 0. The second-order valence-corrected chi connectivity index (χ2v) is 11.5. The molecule has 0 N–H and O–H groups in total. The molecule has 5 rings (SSSR count). The van der Waals surface area contributed by atoms with Crippen LogP contribution >= 0.6 is 11.8 Å². The molecule has 4 aliphatic rings. The van der Waals surface area contributed by atoms with Crippen molar-refractivity contribution >= 4 is 28.6 Å². The summed E-state index contributed by atoms with van der Waals surface area (Å²) in [6, 6.07) is 9.95. The molecule has 1 aromatic rings. The van der Waals surface area contributed by atoms with Gasteiger partial charge in [0.2, 0.25) is 5.91 Å². The molecule has 5 heteroatoms. The van der Waals surface area contributed by atoms with E-state index in [9.17, 15) is 9.59 Å². The van der Waals surface area contributed by atoms with E-state index in [-0.39, 0.29) is 11.8 Å². The Morgan fingerprint density at radius 3 is 2.57 bits per heavy atom. The van der Waals surface area contributed by atoms with Crippen molar-refractivity contribution in [1.29, 1.82) is 0 Å². The largest absolute Gasteiger partial charge is 0.342 e. The Hall–Kier alpha value is -1.62. The van der Waals surface area contributed by atoms with Crippen LogP contribution in [-0.2, 0) is 16.0 Å². The van der Waals surface area contributed by atoms with Gasteiger partial charge in [-0.15, -0.1) is 0 Å². The lowest BCUT2D eigenvalue weighted by molar-refractivity contribution is -0.132. The standard InChI is InChI=1S/C25H32N2O2S/c1-25(24(29)26-22(30-25)16-20-14-18-7-8-19(20)13-18)21-9-11-27(12-10-21)23(28)15-17-5-3-2-4-6-17/h2-6,18-21H,7-16H2,1H3/t18-,19+,20-,25?/m1/s1. The Morgan fingerprint density at radius 1 is 1.13 bits per heavy atom. The molecule has 1 aromatic carbocycles. The summed E-state index contributed by atoms with van der Waals surface area (Å²) in [5, 5.41) is 1.09. The molecule has 4 atom stereocenters. The first-order valence-electron chi connectivity index (χ1n) is 11.6. The minimum Gasteiger partial charge on any atom is -0.342 e. The van der Waals surface area contributed by atoms with Crippen LogP contribution in [-0.4, -0.2) is 39.6 Å². The molecule has 1 unspecified atom stereocenters. The van der Waals surface area contributed by atoms with E-state index in [0.29, 0.717) is 12.3 Å². The highest BCUT2D eigenvalue weighted by Crippen LogP contribution is 2.52. The quantitative estimate of drug-likeness (QED) is 0.687. The van der Waals surface area contributed by atoms with Crippen LogP contribution in [0.2, 0.25) is 0 Å². The third-order valence-corrected chi connectivity index (χ3v) is 9.55. The molecular formula is C25H32N2O2S. The Bertz CT molecular complexity index is 846. The lowest BCUT2D eigenvalue weighted by atomic mass is 9.84. The molecule has 0 radical (unpaired) electrons. The third-order valence-electron chi connectivity index (χ3n) is 8.13. The van der Waals surface area contributed by atoms with Gasteiger partial charge >= 0.3 is 0 Å². The van der Waals surface area contributed by atoms with E-state index in [0.717, 1.165) is 60.7 Å². The number of rotatable bonds is 5. The molecule has 160 valence electrons. The number of nitrogens with zero attached hydrogens (tertiary/aromatic N) is 2. The average molecular weight is 425 g/mol. The number of amides is 2. The molecular weight excluding hydrogens is 392 g/mol. The molecule has 2 heterocycles. The molecule has 2 aliphatic heterocycles. The normalized spacial score (nSPS) is 33.9. The highest BCUT2D eigenvalue weighted by atomic mass is 32.2. The second kappa shape index (κ2) is 8.14. The Labute approximate surface area is 183 Å². The van der Waals surface area contributed by atoms with Crippen molar-refractivity contribution in [2.24, 2.45) is 28.7 Å². The summed E-state index contributed by atoms with van der Waals surface area (Å²) in [5.41, 5.74) is 1.07. The van der Waals surface area contributed by atoms with Crippen LogP contribution in [0.3, 0.4) is 0 Å². The molecule has 2 amide bonds. The Kier molecular flexibility index (Phi) is 5.51. The van der Waals surface area contributed by atoms with Gasteiger partial charge in [0.15, 0.2) is 0 Å². The number of fused-ring (bicyclic) bond motifs is 2. The van der Waals surface area contributed by atoms with Gasteiger partial charge in [-0.1, -0.05) is 48.5 Å². The van der Waals surface area contributed by atoms with Gasteiger partial charge in [0.1, 0.15) is 4.75 Å². The first-order chi connectivity index (χ1) is 14.5. The van der Waals surface area contributed by atoms with E-state index < -0.39 is 4.75 Å². The fraction of sp³-hybridized carbons (Fsp3) is 0.640. The van der Waals surface area contributed by atoms with E-state index in [1.807, 2.05) is 35.2 Å². The fourth-order valence-electron chi connectivity index (χ4n) is 6.29. The maximum absolute atomic E-state index is 12.9. The van der Waals surface area contributed by atoms with Crippen molar-refractivity contribution in [3.63, 3.8) is 0 Å². The van der Waals surface area contributed by atoms with Gasteiger partial charge in [-0.2, -0.15) is 0 Å². The number of carbonyl (C=O) groups is 2. The van der Waals surface area contributed by atoms with Gasteiger partial charge in [0, 0.05) is 13.1 Å². The zero-order valence-electron chi connectivity index (χ0n) is 17.9. The SMILES string of the molecule is CC1(C2CCN(C(=O)Cc3ccccc3)CC2)SC(C[C@H]2C[C@@H]3CC[C@H]2C3)=NC1=O. The van der Waals surface area contributed by atoms with Crippen LogP contribution in [0.5, 0.6) is 0 Å². The lowest BCUT2D eigenvalue weighted by Crippen LogP contribution is -2.46. The number of piperidine rings is 1. The van der Waals surface area contributed by atoms with Gasteiger partial charge < -0.3 is 4.90 Å². The highest BCUT2D eigenvalue weighted by molar-refractivity contribution is 8.16. The van der Waals surface area contributed by atoms with Gasteiger partial charge in [-0.25, -0.2) is 4.99 Å². The summed E-state index contributed by atoms with van der Waals surface area (Å²) >= 11 is 1.75. The third kappa shape index (κ3) is 3.86. The zero-order valence-corrected chi connectivity index (χ0v) is 18.7. The molecule has 2 saturated carbocycles. The molecule has 0 spiro atoms. The number of hydrogen-bond acceptors (Lipinski definition) is 3. The Morgan fingerprint density at radius 2 is 1.90 bits per heavy atom. The summed E-state index contributed by atoms with van der Waals surface area (Å²) in [6.07, 6.45) is 8.82. The number of benzene rings is 1. The van der Waals surface area contributed by atoms with E-state index in [4.69, 9.17) is 0 Å². The first-order valence-corrected chi connectivity index (χ1v) is 12.5. The molecule has 30 heavy (non-hydrogen) atoms. The van der Waals surface area contributed by atoms with Crippen LogP contribution in [0, 0.1) is 23.7 Å². The molecule has 1 saturated heterocycles.